The van der Waals surface area contributed by atoms with Crippen LogP contribution in [-0.4, -0.2) is 35.6 Å². The second-order valence-corrected chi connectivity index (χ2v) is 7.68. The number of carbonyl (C=O) groups is 2. The second-order valence-electron chi connectivity index (χ2n) is 6.26. The molecule has 2 unspecified atom stereocenters. The molecule has 21 heavy (non-hydrogen) atoms. The predicted molar refractivity (Wildman–Crippen MR) is 62.0 cm³/mol. The second kappa shape index (κ2) is 4.22. The number of ether oxygens (including phenoxy) is 1. The highest BCUT2D eigenvalue weighted by molar-refractivity contribution is 7.87. The average Bonchev–Trinajstić information content (AvgIpc) is 2.33. The maximum atomic E-state index is 13.2. The van der Waals surface area contributed by atoms with Gasteiger partial charge >= 0.3 is 11.2 Å². The zero-order chi connectivity index (χ0) is 15.6. The molecule has 0 aromatic carbocycles. The van der Waals surface area contributed by atoms with Crippen LogP contribution in [0.15, 0.2) is 0 Å². The number of rotatable bonds is 3. The van der Waals surface area contributed by atoms with Crippen molar-refractivity contribution in [1.29, 1.82) is 0 Å². The Balaban J connectivity index is 1.87. The molecule has 0 aliphatic heterocycles. The maximum absolute atomic E-state index is 13.2. The summed E-state index contributed by atoms with van der Waals surface area (Å²) in [5.41, 5.74) is -1.67. The number of hydrogen-bond acceptors (Lipinski definition) is 6. The molecule has 0 amide bonds. The summed E-state index contributed by atoms with van der Waals surface area (Å²) in [5, 5.41) is -5.17. The summed E-state index contributed by atoms with van der Waals surface area (Å²) in [6.07, 6.45) is 2.45. The van der Waals surface area contributed by atoms with E-state index in [0.717, 1.165) is 6.42 Å². The largest absolute Gasteiger partial charge is 0.743 e. The lowest BCUT2D eigenvalue weighted by Crippen LogP contribution is -2.61. The molecule has 0 spiro atoms. The van der Waals surface area contributed by atoms with Gasteiger partial charge in [0.15, 0.2) is 21.5 Å². The molecule has 118 valence electrons. The number of ketones is 1. The van der Waals surface area contributed by atoms with Crippen molar-refractivity contribution in [2.45, 2.75) is 43.0 Å². The van der Waals surface area contributed by atoms with Gasteiger partial charge < -0.3 is 9.29 Å². The molecule has 2 atom stereocenters. The zero-order valence-electron chi connectivity index (χ0n) is 10.9. The van der Waals surface area contributed by atoms with Gasteiger partial charge in [-0.2, -0.15) is 8.78 Å². The Labute approximate surface area is 119 Å². The fraction of sp³-hybridized carbons (Fsp3) is 0.833. The minimum Gasteiger partial charge on any atom is -0.743 e. The summed E-state index contributed by atoms with van der Waals surface area (Å²) >= 11 is 0. The average molecular weight is 323 g/mol. The summed E-state index contributed by atoms with van der Waals surface area (Å²) in [5.74, 6) is -2.94. The van der Waals surface area contributed by atoms with E-state index in [-0.39, 0.29) is 30.6 Å². The van der Waals surface area contributed by atoms with E-state index < -0.39 is 32.7 Å². The number of Topliss-reactive ketones (excluding diaryl/α,β-unsaturated/α-hetero) is 1. The molecule has 4 bridgehead atoms. The van der Waals surface area contributed by atoms with Crippen molar-refractivity contribution in [3.05, 3.63) is 0 Å². The van der Waals surface area contributed by atoms with Gasteiger partial charge in [0, 0.05) is 5.92 Å². The quantitative estimate of drug-likeness (QED) is 0.563. The van der Waals surface area contributed by atoms with E-state index >= 15 is 0 Å². The van der Waals surface area contributed by atoms with E-state index in [1.54, 1.807) is 0 Å². The van der Waals surface area contributed by atoms with Crippen molar-refractivity contribution in [3.63, 3.8) is 0 Å². The Morgan fingerprint density at radius 1 is 1.24 bits per heavy atom. The lowest BCUT2D eigenvalue weighted by molar-refractivity contribution is -0.201. The monoisotopic (exact) mass is 323 g/mol. The van der Waals surface area contributed by atoms with E-state index in [2.05, 4.69) is 4.74 Å². The fourth-order valence-corrected chi connectivity index (χ4v) is 4.42. The molecule has 0 aromatic rings. The number of halogens is 2. The Morgan fingerprint density at radius 2 is 1.76 bits per heavy atom. The smallest absolute Gasteiger partial charge is 0.428 e. The first kappa shape index (κ1) is 14.8. The van der Waals surface area contributed by atoms with Gasteiger partial charge in [-0.05, 0) is 43.9 Å². The molecule has 4 saturated carbocycles. The highest BCUT2D eigenvalue weighted by atomic mass is 32.2. The van der Waals surface area contributed by atoms with Crippen LogP contribution in [0.2, 0.25) is 0 Å². The van der Waals surface area contributed by atoms with Crippen molar-refractivity contribution in [3.8, 4) is 0 Å². The van der Waals surface area contributed by atoms with Crippen molar-refractivity contribution >= 4 is 21.9 Å². The third-order valence-electron chi connectivity index (χ3n) is 4.80. The van der Waals surface area contributed by atoms with Crippen LogP contribution in [0.3, 0.4) is 0 Å². The molecule has 0 radical (unpaired) electrons. The molecular weight excluding hydrogens is 310 g/mol. The van der Waals surface area contributed by atoms with E-state index in [1.165, 1.54) is 0 Å². The predicted octanol–water partition coefficient (Wildman–Crippen LogP) is 0.815. The molecular formula is C12H13F2O6S-. The van der Waals surface area contributed by atoms with Crippen molar-refractivity contribution < 1.29 is 36.1 Å². The normalized spacial score (nSPS) is 38.6. The van der Waals surface area contributed by atoms with Crippen molar-refractivity contribution in [2.75, 3.05) is 0 Å². The summed E-state index contributed by atoms with van der Waals surface area (Å²) in [6.45, 7) is 0. The first-order valence-corrected chi connectivity index (χ1v) is 8.07. The molecule has 0 heterocycles. The summed E-state index contributed by atoms with van der Waals surface area (Å²) in [6, 6.07) is 0. The molecule has 0 N–H and O–H groups in total. The highest BCUT2D eigenvalue weighted by Crippen LogP contribution is 2.55. The third kappa shape index (κ3) is 2.09. The van der Waals surface area contributed by atoms with E-state index in [4.69, 9.17) is 0 Å². The molecule has 6 nitrogen and oxygen atoms in total. The fourth-order valence-electron chi connectivity index (χ4n) is 4.17. The summed E-state index contributed by atoms with van der Waals surface area (Å²) < 4.78 is 62.5. The number of esters is 1. The number of alkyl halides is 2. The van der Waals surface area contributed by atoms with Crippen molar-refractivity contribution in [1.82, 2.24) is 0 Å². The summed E-state index contributed by atoms with van der Waals surface area (Å²) in [4.78, 5) is 23.7. The van der Waals surface area contributed by atoms with Gasteiger partial charge in [0.1, 0.15) is 0 Å². The van der Waals surface area contributed by atoms with Crippen LogP contribution in [0.4, 0.5) is 8.78 Å². The first-order valence-electron chi connectivity index (χ1n) is 6.66. The van der Waals surface area contributed by atoms with E-state index in [9.17, 15) is 31.3 Å². The van der Waals surface area contributed by atoms with Crippen LogP contribution < -0.4 is 0 Å². The van der Waals surface area contributed by atoms with Gasteiger partial charge in [0.05, 0.1) is 0 Å². The van der Waals surface area contributed by atoms with Crippen LogP contribution in [0.1, 0.15) is 32.1 Å². The van der Waals surface area contributed by atoms with Gasteiger partial charge in [0.25, 0.3) is 0 Å². The molecule has 9 heteroatoms. The molecule has 4 aliphatic carbocycles. The Hall–Kier alpha value is -1.09. The van der Waals surface area contributed by atoms with E-state index in [1.807, 2.05) is 0 Å². The summed E-state index contributed by atoms with van der Waals surface area (Å²) in [7, 11) is -6.17. The Kier molecular flexibility index (Phi) is 2.98. The molecule has 4 rings (SSSR count). The van der Waals surface area contributed by atoms with Crippen molar-refractivity contribution in [2.24, 2.45) is 17.8 Å². The molecule has 4 fully saturated rings. The van der Waals surface area contributed by atoms with Crippen LogP contribution in [0, 0.1) is 17.8 Å². The molecule has 0 aromatic heterocycles. The standard InChI is InChI=1S/C12H14F2O6S/c13-12(14,21(17,18)19)10(16)20-11-4-6-1-7(5-11)3-8(2-6)9(11)15/h6-8H,1-5H2,(H,17,18,19)/p-1. The Morgan fingerprint density at radius 3 is 2.24 bits per heavy atom. The molecule has 4 aliphatic rings. The lowest BCUT2D eigenvalue weighted by atomic mass is 9.53. The lowest BCUT2D eigenvalue weighted by Gasteiger charge is -2.54. The third-order valence-corrected chi connectivity index (χ3v) is 5.59. The number of hydrogen-bond donors (Lipinski definition) is 0. The van der Waals surface area contributed by atoms with Crippen LogP contribution >= 0.6 is 0 Å². The Bertz CT molecular complexity index is 599. The van der Waals surface area contributed by atoms with Gasteiger partial charge in [-0.1, -0.05) is 0 Å². The van der Waals surface area contributed by atoms with E-state index in [0.29, 0.717) is 12.8 Å². The van der Waals surface area contributed by atoms with Crippen LogP contribution in [-0.2, 0) is 24.4 Å². The minimum absolute atomic E-state index is 0.116. The number of carbonyl (C=O) groups excluding carboxylic acids is 2. The van der Waals surface area contributed by atoms with Gasteiger partial charge in [0.2, 0.25) is 0 Å². The minimum atomic E-state index is -6.17. The maximum Gasteiger partial charge on any atom is 0.428 e. The van der Waals surface area contributed by atoms with Gasteiger partial charge in [-0.3, -0.25) is 4.79 Å². The molecule has 0 saturated heterocycles. The van der Waals surface area contributed by atoms with Crippen LogP contribution in [0.5, 0.6) is 0 Å². The van der Waals surface area contributed by atoms with Gasteiger partial charge in [-0.15, -0.1) is 0 Å². The topological polar surface area (TPSA) is 101 Å². The van der Waals surface area contributed by atoms with Crippen LogP contribution in [0.25, 0.3) is 0 Å². The zero-order valence-corrected chi connectivity index (χ0v) is 11.7. The highest BCUT2D eigenvalue weighted by Gasteiger charge is 2.61. The SMILES string of the molecule is O=C1C2CC3CC(C2)CC1(OC(=O)C(F)(F)S(=O)(=O)[O-])C3. The first-order chi connectivity index (χ1) is 9.55. The van der Waals surface area contributed by atoms with Gasteiger partial charge in [-0.25, -0.2) is 13.2 Å².